The van der Waals surface area contributed by atoms with Crippen molar-refractivity contribution in [2.45, 2.75) is 6.61 Å². The smallest absolute Gasteiger partial charge is 0.407 e. The number of aromatic amines is 1. The van der Waals surface area contributed by atoms with Crippen molar-refractivity contribution in [1.29, 1.82) is 0 Å². The van der Waals surface area contributed by atoms with Gasteiger partial charge in [-0.15, -0.1) is 0 Å². The summed E-state index contributed by atoms with van der Waals surface area (Å²) in [6.45, 7) is 0.551. The Morgan fingerprint density at radius 2 is 1.96 bits per heavy atom. The molecule has 6 nitrogen and oxygen atoms in total. The number of rotatable bonds is 6. The van der Waals surface area contributed by atoms with E-state index in [-0.39, 0.29) is 6.61 Å². The molecule has 0 aliphatic heterocycles. The number of carbonyl (C=O) groups excluding carboxylic acids is 2. The van der Waals surface area contributed by atoms with Crippen molar-refractivity contribution < 1.29 is 19.1 Å². The first-order valence-electron chi connectivity index (χ1n) is 7.07. The molecule has 2 aromatic rings. The summed E-state index contributed by atoms with van der Waals surface area (Å²) in [6.07, 6.45) is 3.01. The molecule has 120 valence electrons. The van der Waals surface area contributed by atoms with Gasteiger partial charge in [-0.2, -0.15) is 0 Å². The molecule has 0 saturated carbocycles. The molecular weight excluding hydrogens is 296 g/mol. The van der Waals surface area contributed by atoms with Crippen LogP contribution < -0.4 is 5.32 Å². The maximum Gasteiger partial charge on any atom is 0.407 e. The van der Waals surface area contributed by atoms with Gasteiger partial charge in [0, 0.05) is 12.2 Å². The van der Waals surface area contributed by atoms with Crippen LogP contribution in [-0.2, 0) is 16.1 Å². The lowest BCUT2D eigenvalue weighted by Crippen LogP contribution is -2.24. The van der Waals surface area contributed by atoms with Crippen molar-refractivity contribution in [2.75, 3.05) is 13.7 Å². The first kappa shape index (κ1) is 16.4. The summed E-state index contributed by atoms with van der Waals surface area (Å²) in [7, 11) is 1.32. The van der Waals surface area contributed by atoms with E-state index in [1.165, 1.54) is 7.11 Å². The van der Waals surface area contributed by atoms with Gasteiger partial charge in [-0.1, -0.05) is 36.4 Å². The van der Waals surface area contributed by atoms with Crippen LogP contribution >= 0.6 is 0 Å². The highest BCUT2D eigenvalue weighted by Gasteiger charge is 2.06. The lowest BCUT2D eigenvalue weighted by molar-refractivity contribution is 0.0594. The minimum atomic E-state index is -0.486. The van der Waals surface area contributed by atoms with Gasteiger partial charge < -0.3 is 19.8 Å². The number of amides is 1. The summed E-state index contributed by atoms with van der Waals surface area (Å²) >= 11 is 0. The molecule has 1 aromatic heterocycles. The number of hydrogen-bond acceptors (Lipinski definition) is 4. The Balaban J connectivity index is 1.70. The van der Waals surface area contributed by atoms with Gasteiger partial charge in [0.25, 0.3) is 0 Å². The van der Waals surface area contributed by atoms with Crippen LogP contribution in [0.2, 0.25) is 0 Å². The molecule has 1 heterocycles. The standard InChI is InChI=1S/C17H18N2O4/c1-22-16(20)15-10-9-14(19-15)8-5-11-18-17(21)23-12-13-6-3-2-4-7-13/h2-10,19H,11-12H2,1H3,(H,18,21). The molecule has 23 heavy (non-hydrogen) atoms. The van der Waals surface area contributed by atoms with E-state index in [0.717, 1.165) is 11.3 Å². The molecule has 0 fully saturated rings. The minimum absolute atomic E-state index is 0.232. The molecule has 0 aliphatic rings. The minimum Gasteiger partial charge on any atom is -0.464 e. The van der Waals surface area contributed by atoms with Crippen molar-refractivity contribution in [2.24, 2.45) is 0 Å². The quantitative estimate of drug-likeness (QED) is 0.803. The summed E-state index contributed by atoms with van der Waals surface area (Å²) < 4.78 is 9.68. The summed E-state index contributed by atoms with van der Waals surface area (Å²) in [4.78, 5) is 25.7. The first-order valence-corrected chi connectivity index (χ1v) is 7.07. The highest BCUT2D eigenvalue weighted by molar-refractivity contribution is 5.87. The van der Waals surface area contributed by atoms with Crippen molar-refractivity contribution in [1.82, 2.24) is 10.3 Å². The molecule has 6 heteroatoms. The molecule has 1 aromatic carbocycles. The Morgan fingerprint density at radius 1 is 1.17 bits per heavy atom. The predicted molar refractivity (Wildman–Crippen MR) is 85.8 cm³/mol. The lowest BCUT2D eigenvalue weighted by Gasteiger charge is -2.05. The highest BCUT2D eigenvalue weighted by atomic mass is 16.5. The summed E-state index contributed by atoms with van der Waals surface area (Å²) in [5.41, 5.74) is 2.05. The van der Waals surface area contributed by atoms with E-state index in [4.69, 9.17) is 4.74 Å². The first-order chi connectivity index (χ1) is 11.2. The number of carbonyl (C=O) groups is 2. The largest absolute Gasteiger partial charge is 0.464 e. The molecule has 0 atom stereocenters. The summed E-state index contributed by atoms with van der Waals surface area (Å²) in [6, 6.07) is 12.8. The predicted octanol–water partition coefficient (Wildman–Crippen LogP) is 2.74. The van der Waals surface area contributed by atoms with Gasteiger partial charge in [0.15, 0.2) is 0 Å². The molecule has 0 saturated heterocycles. The maximum atomic E-state index is 11.5. The van der Waals surface area contributed by atoms with Gasteiger partial charge in [0.1, 0.15) is 12.3 Å². The summed E-state index contributed by atoms with van der Waals surface area (Å²) in [5.74, 6) is -0.424. The van der Waals surface area contributed by atoms with Crippen LogP contribution in [-0.4, -0.2) is 30.7 Å². The molecule has 0 spiro atoms. The SMILES string of the molecule is COC(=O)c1ccc(C=CCNC(=O)OCc2ccccc2)[nH]1. The topological polar surface area (TPSA) is 80.4 Å². The van der Waals surface area contributed by atoms with E-state index in [9.17, 15) is 9.59 Å². The molecule has 1 amide bonds. The van der Waals surface area contributed by atoms with E-state index in [1.807, 2.05) is 30.3 Å². The number of esters is 1. The van der Waals surface area contributed by atoms with Crippen molar-refractivity contribution >= 4 is 18.1 Å². The molecule has 0 bridgehead atoms. The fourth-order valence-corrected chi connectivity index (χ4v) is 1.84. The van der Waals surface area contributed by atoms with Crippen LogP contribution in [0.15, 0.2) is 48.5 Å². The number of benzene rings is 1. The van der Waals surface area contributed by atoms with Gasteiger partial charge in [0.2, 0.25) is 0 Å². The van der Waals surface area contributed by atoms with Crippen molar-refractivity contribution in [3.05, 3.63) is 65.5 Å². The number of nitrogens with one attached hydrogen (secondary N) is 2. The zero-order chi connectivity index (χ0) is 16.5. The van der Waals surface area contributed by atoms with Gasteiger partial charge in [-0.05, 0) is 23.8 Å². The number of hydrogen-bond donors (Lipinski definition) is 2. The van der Waals surface area contributed by atoms with Crippen molar-refractivity contribution in [3.8, 4) is 0 Å². The van der Waals surface area contributed by atoms with Gasteiger partial charge in [-0.25, -0.2) is 9.59 Å². The zero-order valence-electron chi connectivity index (χ0n) is 12.7. The maximum absolute atomic E-state index is 11.5. The normalized spacial score (nSPS) is 10.5. The number of ether oxygens (including phenoxy) is 2. The average molecular weight is 314 g/mol. The van der Waals surface area contributed by atoms with E-state index >= 15 is 0 Å². The molecule has 2 N–H and O–H groups in total. The van der Waals surface area contributed by atoms with Crippen LogP contribution in [0.25, 0.3) is 6.08 Å². The average Bonchev–Trinajstić information content (AvgIpc) is 3.06. The van der Waals surface area contributed by atoms with E-state index in [1.54, 1.807) is 24.3 Å². The second kappa shape index (κ2) is 8.43. The number of H-pyrrole nitrogens is 1. The van der Waals surface area contributed by atoms with Gasteiger partial charge in [-0.3, -0.25) is 0 Å². The van der Waals surface area contributed by atoms with Gasteiger partial charge >= 0.3 is 12.1 Å². The van der Waals surface area contributed by atoms with Crippen molar-refractivity contribution in [3.63, 3.8) is 0 Å². The van der Waals surface area contributed by atoms with Crippen LogP contribution in [0.1, 0.15) is 21.7 Å². The van der Waals surface area contributed by atoms with E-state index in [2.05, 4.69) is 15.0 Å². The fourth-order valence-electron chi connectivity index (χ4n) is 1.84. The Labute approximate surface area is 134 Å². The van der Waals surface area contributed by atoms with E-state index < -0.39 is 12.1 Å². The second-order valence-electron chi connectivity index (χ2n) is 4.66. The number of alkyl carbamates (subject to hydrolysis) is 1. The van der Waals surface area contributed by atoms with Crippen LogP contribution in [0.5, 0.6) is 0 Å². The summed E-state index contributed by atoms with van der Waals surface area (Å²) in [5, 5.41) is 2.61. The monoisotopic (exact) mass is 314 g/mol. The molecule has 0 aliphatic carbocycles. The Hall–Kier alpha value is -3.02. The Morgan fingerprint density at radius 3 is 2.70 bits per heavy atom. The van der Waals surface area contributed by atoms with Crippen LogP contribution in [0.3, 0.4) is 0 Å². The molecule has 2 rings (SSSR count). The third-order valence-corrected chi connectivity index (χ3v) is 2.99. The Bertz CT molecular complexity index is 677. The van der Waals surface area contributed by atoms with Gasteiger partial charge in [0.05, 0.1) is 7.11 Å². The fraction of sp³-hybridized carbons (Fsp3) is 0.176. The zero-order valence-corrected chi connectivity index (χ0v) is 12.7. The number of methoxy groups -OCH3 is 1. The highest BCUT2D eigenvalue weighted by Crippen LogP contribution is 2.05. The number of aromatic nitrogens is 1. The Kier molecular flexibility index (Phi) is 5.99. The second-order valence-corrected chi connectivity index (χ2v) is 4.66. The lowest BCUT2D eigenvalue weighted by atomic mass is 10.2. The van der Waals surface area contributed by atoms with E-state index in [0.29, 0.717) is 12.2 Å². The van der Waals surface area contributed by atoms with Crippen LogP contribution in [0.4, 0.5) is 4.79 Å². The molecule has 0 unspecified atom stereocenters. The molecular formula is C17H18N2O4. The third-order valence-electron chi connectivity index (χ3n) is 2.99. The van der Waals surface area contributed by atoms with Crippen LogP contribution in [0, 0.1) is 0 Å². The molecule has 0 radical (unpaired) electrons. The third kappa shape index (κ3) is 5.35.